The molecule has 0 radical (unpaired) electrons. The molecule has 1 aromatic heterocycles. The highest BCUT2D eigenvalue weighted by atomic mass is 31.2. The van der Waals surface area contributed by atoms with Gasteiger partial charge >= 0.3 is 13.7 Å². The lowest BCUT2D eigenvalue weighted by atomic mass is 10.1. The van der Waals surface area contributed by atoms with Crippen molar-refractivity contribution in [3.63, 3.8) is 0 Å². The molecule has 45 heavy (non-hydrogen) atoms. The number of halogens is 1. The maximum absolute atomic E-state index is 14.8. The molecule has 2 aliphatic rings. The Hall–Kier alpha value is -3.65. The van der Waals surface area contributed by atoms with Crippen LogP contribution in [-0.2, 0) is 18.8 Å². The Kier molecular flexibility index (Phi) is 11.8. The summed E-state index contributed by atoms with van der Waals surface area (Å²) < 4.78 is 37.2. The van der Waals surface area contributed by atoms with Crippen LogP contribution in [0, 0.1) is 5.82 Å². The Bertz CT molecular complexity index is 1400. The summed E-state index contributed by atoms with van der Waals surface area (Å²) in [6.45, 7) is 4.06. The molecule has 2 aromatic rings. The van der Waals surface area contributed by atoms with Gasteiger partial charge in [-0.3, -0.25) is 14.2 Å². The van der Waals surface area contributed by atoms with E-state index in [-0.39, 0.29) is 55.8 Å². The minimum absolute atomic E-state index is 0.0309. The molecule has 0 bridgehead atoms. The molecule has 2 atom stereocenters. The quantitative estimate of drug-likeness (QED) is 0.227. The number of nitrogens with zero attached hydrogens (tertiary/aromatic N) is 5. The minimum atomic E-state index is -4.51. The zero-order valence-corrected chi connectivity index (χ0v) is 26.3. The molecule has 0 aliphatic carbocycles. The average molecular weight is 651 g/mol. The Balaban J connectivity index is 1.54. The van der Waals surface area contributed by atoms with Crippen molar-refractivity contribution in [1.29, 1.82) is 0 Å². The van der Waals surface area contributed by atoms with Crippen molar-refractivity contribution in [1.82, 2.24) is 25.1 Å². The number of benzene rings is 1. The maximum atomic E-state index is 14.8. The third kappa shape index (κ3) is 9.42. The first-order chi connectivity index (χ1) is 21.5. The predicted octanol–water partition coefficient (Wildman–Crippen LogP) is 2.25. The molecule has 2 fully saturated rings. The SMILES string of the molecule is CCCCOC(=O)N1CCN(C(=O)C(CCP(=O)(O)O)NC(=O)c2cc(N3CCC(OC)C3)nc(-c3ccccc3F)n2)CC1. The van der Waals surface area contributed by atoms with Gasteiger partial charge in [-0.2, -0.15) is 0 Å². The van der Waals surface area contributed by atoms with Crippen LogP contribution in [0.2, 0.25) is 0 Å². The standard InChI is InChI=1S/C29H40FN6O8P/c1-3-4-16-44-29(39)35-14-12-34(13-15-35)28(38)23(10-17-45(40,41)42)32-27(37)24-18-25(36-11-9-20(19-36)43-2)33-26(31-24)21-7-5-6-8-22(21)30/h5-8,18,20,23H,3-4,9-17,19H2,1-2H3,(H,32,37)(H2,40,41,42). The van der Waals surface area contributed by atoms with Gasteiger partial charge in [0.05, 0.1) is 24.4 Å². The molecule has 3 heterocycles. The second kappa shape index (κ2) is 15.6. The fourth-order valence-corrected chi connectivity index (χ4v) is 5.71. The first kappa shape index (κ1) is 34.2. The zero-order chi connectivity index (χ0) is 32.6. The largest absolute Gasteiger partial charge is 0.449 e. The van der Waals surface area contributed by atoms with Gasteiger partial charge in [0.1, 0.15) is 23.4 Å². The Labute approximate surface area is 261 Å². The summed E-state index contributed by atoms with van der Waals surface area (Å²) in [7, 11) is -2.91. The number of carbonyl (C=O) groups is 3. The van der Waals surface area contributed by atoms with Crippen molar-refractivity contribution in [3.05, 3.63) is 41.8 Å². The van der Waals surface area contributed by atoms with Gasteiger partial charge in [-0.15, -0.1) is 0 Å². The van der Waals surface area contributed by atoms with E-state index >= 15 is 0 Å². The van der Waals surface area contributed by atoms with Crippen LogP contribution < -0.4 is 10.2 Å². The van der Waals surface area contributed by atoms with E-state index in [1.165, 1.54) is 34.1 Å². The van der Waals surface area contributed by atoms with Gasteiger partial charge in [-0.1, -0.05) is 25.5 Å². The van der Waals surface area contributed by atoms with E-state index < -0.39 is 43.5 Å². The number of hydrogen-bond donors (Lipinski definition) is 3. The minimum Gasteiger partial charge on any atom is -0.449 e. The number of anilines is 1. The van der Waals surface area contributed by atoms with Crippen LogP contribution in [0.3, 0.4) is 0 Å². The van der Waals surface area contributed by atoms with E-state index in [0.717, 1.165) is 19.3 Å². The monoisotopic (exact) mass is 650 g/mol. The van der Waals surface area contributed by atoms with Crippen LogP contribution in [0.4, 0.5) is 15.0 Å². The first-order valence-corrected chi connectivity index (χ1v) is 16.8. The molecule has 2 unspecified atom stereocenters. The summed E-state index contributed by atoms with van der Waals surface area (Å²) in [6.07, 6.45) is 0.837. The molecule has 4 rings (SSSR count). The van der Waals surface area contributed by atoms with E-state index in [9.17, 15) is 33.1 Å². The number of aromatic nitrogens is 2. The number of unbranched alkanes of at least 4 members (excludes halogenated alkanes) is 1. The molecule has 2 aliphatic heterocycles. The number of rotatable bonds is 12. The van der Waals surface area contributed by atoms with Crippen molar-refractivity contribution in [2.75, 3.05) is 64.0 Å². The fourth-order valence-electron chi connectivity index (χ4n) is 5.12. The van der Waals surface area contributed by atoms with Gasteiger partial charge in [-0.05, 0) is 31.4 Å². The average Bonchev–Trinajstić information content (AvgIpc) is 3.52. The third-order valence-electron chi connectivity index (χ3n) is 7.75. The first-order valence-electron chi connectivity index (χ1n) is 15.0. The number of methoxy groups -OCH3 is 1. The summed E-state index contributed by atoms with van der Waals surface area (Å²) in [5, 5.41) is 2.60. The van der Waals surface area contributed by atoms with Gasteiger partial charge in [0.15, 0.2) is 5.82 Å². The molecule has 3 N–H and O–H groups in total. The summed E-state index contributed by atoms with van der Waals surface area (Å²) in [5.74, 6) is -1.59. The third-order valence-corrected chi connectivity index (χ3v) is 8.59. The lowest BCUT2D eigenvalue weighted by Gasteiger charge is -2.36. The number of hydrogen-bond acceptors (Lipinski definition) is 9. The van der Waals surface area contributed by atoms with Gasteiger partial charge in [0.25, 0.3) is 5.91 Å². The summed E-state index contributed by atoms with van der Waals surface area (Å²) in [4.78, 5) is 72.2. The molecule has 2 saturated heterocycles. The Morgan fingerprint density at radius 2 is 1.82 bits per heavy atom. The lowest BCUT2D eigenvalue weighted by molar-refractivity contribution is -0.134. The van der Waals surface area contributed by atoms with Gasteiger partial charge in [-0.25, -0.2) is 19.2 Å². The number of nitrogens with one attached hydrogen (secondary N) is 1. The highest BCUT2D eigenvalue weighted by molar-refractivity contribution is 7.51. The van der Waals surface area contributed by atoms with E-state index in [0.29, 0.717) is 25.5 Å². The molecule has 16 heteroatoms. The topological polar surface area (TPSA) is 175 Å². The van der Waals surface area contributed by atoms with E-state index in [1.807, 2.05) is 11.8 Å². The Morgan fingerprint density at radius 3 is 2.47 bits per heavy atom. The van der Waals surface area contributed by atoms with Crippen LogP contribution in [0.1, 0.15) is 43.1 Å². The van der Waals surface area contributed by atoms with Gasteiger partial charge < -0.3 is 39.3 Å². The number of piperazine rings is 1. The molecule has 1 aromatic carbocycles. The fraction of sp³-hybridized carbons (Fsp3) is 0.552. The molecule has 3 amide bonds. The molecule has 14 nitrogen and oxygen atoms in total. The normalized spacial score (nSPS) is 17.7. The van der Waals surface area contributed by atoms with E-state index in [2.05, 4.69) is 15.3 Å². The lowest BCUT2D eigenvalue weighted by Crippen LogP contribution is -2.56. The van der Waals surface area contributed by atoms with Gasteiger partial charge in [0.2, 0.25) is 5.91 Å². The number of ether oxygens (including phenoxy) is 2. The van der Waals surface area contributed by atoms with E-state index in [4.69, 9.17) is 9.47 Å². The zero-order valence-electron chi connectivity index (χ0n) is 25.4. The van der Waals surface area contributed by atoms with Crippen LogP contribution >= 0.6 is 7.60 Å². The van der Waals surface area contributed by atoms with E-state index in [1.54, 1.807) is 13.2 Å². The molecular formula is C29H40FN6O8P. The summed E-state index contributed by atoms with van der Waals surface area (Å²) in [6, 6.07) is 6.02. The maximum Gasteiger partial charge on any atom is 0.409 e. The van der Waals surface area contributed by atoms with Crippen LogP contribution in [0.5, 0.6) is 0 Å². The molecule has 0 saturated carbocycles. The highest BCUT2D eigenvalue weighted by Crippen LogP contribution is 2.35. The van der Waals surface area contributed by atoms with Crippen LogP contribution in [0.25, 0.3) is 11.4 Å². The second-order valence-electron chi connectivity index (χ2n) is 11.0. The van der Waals surface area contributed by atoms with Gasteiger partial charge in [0, 0.05) is 52.4 Å². The summed E-state index contributed by atoms with van der Waals surface area (Å²) in [5.41, 5.74) is -0.0659. The van der Waals surface area contributed by atoms with Crippen molar-refractivity contribution in [3.8, 4) is 11.4 Å². The molecular weight excluding hydrogens is 610 g/mol. The van der Waals surface area contributed by atoms with Crippen molar-refractivity contribution < 1.29 is 42.6 Å². The number of carbonyl (C=O) groups excluding carboxylic acids is 3. The van der Waals surface area contributed by atoms with Crippen molar-refractivity contribution >= 4 is 31.3 Å². The molecule has 0 spiro atoms. The Morgan fingerprint density at radius 1 is 1.11 bits per heavy atom. The van der Waals surface area contributed by atoms with Crippen molar-refractivity contribution in [2.24, 2.45) is 0 Å². The van der Waals surface area contributed by atoms with Crippen LogP contribution in [0.15, 0.2) is 30.3 Å². The van der Waals surface area contributed by atoms with Crippen molar-refractivity contribution in [2.45, 2.75) is 44.8 Å². The summed E-state index contributed by atoms with van der Waals surface area (Å²) >= 11 is 0. The number of amides is 3. The smallest absolute Gasteiger partial charge is 0.409 e. The predicted molar refractivity (Wildman–Crippen MR) is 162 cm³/mol. The highest BCUT2D eigenvalue weighted by Gasteiger charge is 2.33. The molecule has 246 valence electrons. The van der Waals surface area contributed by atoms with Crippen LogP contribution in [-0.4, -0.2) is 119 Å². The second-order valence-corrected chi connectivity index (χ2v) is 12.8.